The van der Waals surface area contributed by atoms with E-state index in [-0.39, 0.29) is 23.8 Å². The van der Waals surface area contributed by atoms with Gasteiger partial charge in [-0.15, -0.1) is 0 Å². The number of carbonyl (C=O) groups excluding carboxylic acids is 2. The average Bonchev–Trinajstić information content (AvgIpc) is 2.29. The molecule has 0 fully saturated rings. The maximum atomic E-state index is 12.0. The van der Waals surface area contributed by atoms with Crippen molar-refractivity contribution in [3.63, 3.8) is 0 Å². The Morgan fingerprint density at radius 2 is 1.90 bits per heavy atom. The van der Waals surface area contributed by atoms with Crippen molar-refractivity contribution in [1.29, 1.82) is 0 Å². The summed E-state index contributed by atoms with van der Waals surface area (Å²) in [5, 5.41) is 5.61. The van der Waals surface area contributed by atoms with E-state index < -0.39 is 0 Å². The van der Waals surface area contributed by atoms with Crippen molar-refractivity contribution in [1.82, 2.24) is 10.6 Å². The van der Waals surface area contributed by atoms with E-state index in [1.807, 2.05) is 45.9 Å². The molecule has 0 bridgehead atoms. The Morgan fingerprint density at radius 3 is 2.50 bits per heavy atom. The minimum atomic E-state index is -0.249. The zero-order chi connectivity index (χ0) is 15.3. The molecule has 0 heterocycles. The molecule has 0 aromatic heterocycles. The number of hydrogen-bond donors (Lipinski definition) is 2. The Morgan fingerprint density at radius 1 is 1.25 bits per heavy atom. The van der Waals surface area contributed by atoms with Gasteiger partial charge in [-0.05, 0) is 55.8 Å². The molecule has 2 amide bonds. The molecule has 0 unspecified atom stereocenters. The van der Waals surface area contributed by atoms with Crippen LogP contribution in [0.3, 0.4) is 0 Å². The van der Waals surface area contributed by atoms with Gasteiger partial charge in [0.1, 0.15) is 0 Å². The van der Waals surface area contributed by atoms with Crippen molar-refractivity contribution in [2.45, 2.75) is 39.7 Å². The monoisotopic (exact) mass is 340 g/mol. The van der Waals surface area contributed by atoms with E-state index in [1.54, 1.807) is 0 Å². The predicted molar refractivity (Wildman–Crippen MR) is 83.7 cm³/mol. The van der Waals surface area contributed by atoms with E-state index in [1.165, 1.54) is 0 Å². The van der Waals surface area contributed by atoms with Crippen LogP contribution in [0.25, 0.3) is 0 Å². The molecular formula is C15H21BrN2O2. The molecule has 2 N–H and O–H groups in total. The molecule has 1 aromatic rings. The molecule has 1 rings (SSSR count). The quantitative estimate of drug-likeness (QED) is 0.885. The molecule has 1 aromatic carbocycles. The molecule has 20 heavy (non-hydrogen) atoms. The van der Waals surface area contributed by atoms with Crippen LogP contribution in [0.2, 0.25) is 0 Å². The van der Waals surface area contributed by atoms with Gasteiger partial charge in [0.15, 0.2) is 0 Å². The van der Waals surface area contributed by atoms with Crippen molar-refractivity contribution >= 4 is 27.7 Å². The molecule has 5 heteroatoms. The maximum Gasteiger partial charge on any atom is 0.252 e. The first-order valence-corrected chi connectivity index (χ1v) is 7.34. The lowest BCUT2D eigenvalue weighted by Crippen LogP contribution is -2.42. The van der Waals surface area contributed by atoms with E-state index in [0.29, 0.717) is 12.1 Å². The van der Waals surface area contributed by atoms with Crippen LogP contribution in [0.5, 0.6) is 0 Å². The highest BCUT2D eigenvalue weighted by Gasteiger charge is 2.14. The van der Waals surface area contributed by atoms with Gasteiger partial charge >= 0.3 is 0 Å². The molecule has 4 nitrogen and oxygen atoms in total. The van der Waals surface area contributed by atoms with Gasteiger partial charge in [0, 0.05) is 23.0 Å². The third kappa shape index (κ3) is 5.74. The fraction of sp³-hybridized carbons (Fsp3) is 0.467. The van der Waals surface area contributed by atoms with Gasteiger partial charge in [0.2, 0.25) is 5.91 Å². The summed E-state index contributed by atoms with van der Waals surface area (Å²) < 4.78 is 0.750. The second-order valence-corrected chi connectivity index (χ2v) is 6.64. The van der Waals surface area contributed by atoms with E-state index in [4.69, 9.17) is 0 Å². The molecular weight excluding hydrogens is 320 g/mol. The number of halogens is 1. The van der Waals surface area contributed by atoms with Gasteiger partial charge in [0.25, 0.3) is 5.91 Å². The van der Waals surface area contributed by atoms with Crippen LogP contribution in [0, 0.1) is 6.92 Å². The van der Waals surface area contributed by atoms with Crippen molar-refractivity contribution in [3.8, 4) is 0 Å². The van der Waals surface area contributed by atoms with Crippen LogP contribution in [0.4, 0.5) is 0 Å². The smallest absolute Gasteiger partial charge is 0.252 e. The number of hydrogen-bond acceptors (Lipinski definition) is 2. The van der Waals surface area contributed by atoms with Crippen molar-refractivity contribution in [3.05, 3.63) is 33.8 Å². The Bertz CT molecular complexity index is 507. The van der Waals surface area contributed by atoms with Gasteiger partial charge in [-0.2, -0.15) is 0 Å². The van der Waals surface area contributed by atoms with Gasteiger partial charge in [-0.1, -0.05) is 11.6 Å². The van der Waals surface area contributed by atoms with Crippen LogP contribution in [0.1, 0.15) is 43.1 Å². The first-order chi connectivity index (χ1) is 9.19. The largest absolute Gasteiger partial charge is 0.351 e. The van der Waals surface area contributed by atoms with Crippen molar-refractivity contribution in [2.24, 2.45) is 0 Å². The Kier molecular flexibility index (Phi) is 5.74. The second kappa shape index (κ2) is 6.88. The van der Waals surface area contributed by atoms with Crippen molar-refractivity contribution in [2.75, 3.05) is 6.54 Å². The Balaban J connectivity index is 2.48. The van der Waals surface area contributed by atoms with Crippen LogP contribution in [0.15, 0.2) is 22.7 Å². The minimum absolute atomic E-state index is 0.0684. The molecule has 0 atom stereocenters. The van der Waals surface area contributed by atoms with E-state index in [9.17, 15) is 9.59 Å². The SMILES string of the molecule is Cc1ccc(Br)c(C(=O)NCCC(=O)NC(C)(C)C)c1. The highest BCUT2D eigenvalue weighted by molar-refractivity contribution is 9.10. The Labute approximate surface area is 128 Å². The third-order valence-electron chi connectivity index (χ3n) is 2.52. The maximum absolute atomic E-state index is 12.0. The third-order valence-corrected chi connectivity index (χ3v) is 3.21. The summed E-state index contributed by atoms with van der Waals surface area (Å²) in [4.78, 5) is 23.6. The molecule has 0 saturated carbocycles. The number of nitrogens with one attached hydrogen (secondary N) is 2. The lowest BCUT2D eigenvalue weighted by Gasteiger charge is -2.20. The van der Waals surface area contributed by atoms with Crippen LogP contribution >= 0.6 is 15.9 Å². The van der Waals surface area contributed by atoms with E-state index >= 15 is 0 Å². The van der Waals surface area contributed by atoms with Crippen LogP contribution in [-0.2, 0) is 4.79 Å². The molecule has 0 radical (unpaired) electrons. The molecule has 0 saturated heterocycles. The number of rotatable bonds is 4. The summed E-state index contributed by atoms with van der Waals surface area (Å²) in [6, 6.07) is 5.59. The van der Waals surface area contributed by atoms with Crippen LogP contribution in [-0.4, -0.2) is 23.9 Å². The standard InChI is InChI=1S/C15H21BrN2O2/c1-10-5-6-12(16)11(9-10)14(20)17-8-7-13(19)18-15(2,3)4/h5-6,9H,7-8H2,1-4H3,(H,17,20)(H,18,19). The molecule has 0 aliphatic heterocycles. The highest BCUT2D eigenvalue weighted by atomic mass is 79.9. The Hall–Kier alpha value is -1.36. The fourth-order valence-electron chi connectivity index (χ4n) is 1.68. The first-order valence-electron chi connectivity index (χ1n) is 6.54. The topological polar surface area (TPSA) is 58.2 Å². The van der Waals surface area contributed by atoms with Gasteiger partial charge in [0.05, 0.1) is 5.56 Å². The summed E-state index contributed by atoms with van der Waals surface area (Å²) in [7, 11) is 0. The summed E-state index contributed by atoms with van der Waals surface area (Å²) in [5.41, 5.74) is 1.35. The normalized spacial score (nSPS) is 11.1. The summed E-state index contributed by atoms with van der Waals surface area (Å²) in [6.07, 6.45) is 0.270. The summed E-state index contributed by atoms with van der Waals surface area (Å²) in [6.45, 7) is 8.02. The minimum Gasteiger partial charge on any atom is -0.351 e. The van der Waals surface area contributed by atoms with Gasteiger partial charge in [-0.3, -0.25) is 9.59 Å². The lowest BCUT2D eigenvalue weighted by atomic mass is 10.1. The second-order valence-electron chi connectivity index (χ2n) is 5.79. The number of carbonyl (C=O) groups is 2. The number of benzene rings is 1. The summed E-state index contributed by atoms with van der Waals surface area (Å²) in [5.74, 6) is -0.245. The molecule has 0 spiro atoms. The zero-order valence-corrected chi connectivity index (χ0v) is 13.9. The number of aryl methyl sites for hydroxylation is 1. The average molecular weight is 341 g/mol. The zero-order valence-electron chi connectivity index (χ0n) is 12.3. The number of amides is 2. The van der Waals surface area contributed by atoms with Crippen LogP contribution < -0.4 is 10.6 Å². The predicted octanol–water partition coefficient (Wildman–Crippen LogP) is 2.79. The van der Waals surface area contributed by atoms with Crippen molar-refractivity contribution < 1.29 is 9.59 Å². The molecule has 110 valence electrons. The van der Waals surface area contributed by atoms with Gasteiger partial charge in [-0.25, -0.2) is 0 Å². The molecule has 0 aliphatic rings. The van der Waals surface area contributed by atoms with Gasteiger partial charge < -0.3 is 10.6 Å². The first kappa shape index (κ1) is 16.7. The van der Waals surface area contributed by atoms with E-state index in [2.05, 4.69) is 26.6 Å². The van der Waals surface area contributed by atoms with E-state index in [0.717, 1.165) is 10.0 Å². The fourth-order valence-corrected chi connectivity index (χ4v) is 2.11. The molecule has 0 aliphatic carbocycles. The lowest BCUT2D eigenvalue weighted by molar-refractivity contribution is -0.122. The summed E-state index contributed by atoms with van der Waals surface area (Å²) >= 11 is 3.35. The highest BCUT2D eigenvalue weighted by Crippen LogP contribution is 2.17.